The van der Waals surface area contributed by atoms with Gasteiger partial charge in [-0.15, -0.1) is 10.2 Å². The Morgan fingerprint density at radius 1 is 1.36 bits per heavy atom. The number of furan rings is 1. The Morgan fingerprint density at radius 2 is 2.23 bits per heavy atom. The second-order valence-electron chi connectivity index (χ2n) is 4.69. The van der Waals surface area contributed by atoms with Crippen LogP contribution in [0, 0.1) is 0 Å². The Kier molecular flexibility index (Phi) is 4.06. The molecule has 3 heterocycles. The molecule has 0 saturated carbocycles. The van der Waals surface area contributed by atoms with Crippen molar-refractivity contribution in [2.24, 2.45) is 0 Å². The number of aromatic nitrogens is 3. The molecule has 7 heteroatoms. The van der Waals surface area contributed by atoms with Gasteiger partial charge in [-0.2, -0.15) is 0 Å². The number of rotatable bonds is 4. The average molecular weight is 361 g/mol. The molecule has 0 fully saturated rings. The zero-order valence-corrected chi connectivity index (χ0v) is 13.3. The normalized spacial score (nSPS) is 12.8. The summed E-state index contributed by atoms with van der Waals surface area (Å²) >= 11 is 3.21. The van der Waals surface area contributed by atoms with Crippen molar-refractivity contribution in [3.8, 4) is 0 Å². The number of carbonyl (C=O) groups excluding carboxylic acids is 1. The quantitative estimate of drug-likeness (QED) is 0.726. The summed E-state index contributed by atoms with van der Waals surface area (Å²) in [6.07, 6.45) is 4.89. The second-order valence-corrected chi connectivity index (χ2v) is 5.47. The van der Waals surface area contributed by atoms with Gasteiger partial charge in [-0.25, -0.2) is 0 Å². The highest BCUT2D eigenvalue weighted by Gasteiger charge is 2.14. The number of nitrogens with one attached hydrogen (secondary N) is 1. The van der Waals surface area contributed by atoms with Crippen LogP contribution >= 0.6 is 15.9 Å². The smallest absolute Gasteiger partial charge is 0.244 e. The van der Waals surface area contributed by atoms with Gasteiger partial charge < -0.3 is 9.73 Å². The molecule has 3 rings (SSSR count). The largest absolute Gasteiger partial charge is 0.450 e. The number of fused-ring (bicyclic) bond motifs is 1. The lowest BCUT2D eigenvalue weighted by atomic mass is 10.3. The summed E-state index contributed by atoms with van der Waals surface area (Å²) in [6, 6.07) is 8.91. The highest BCUT2D eigenvalue weighted by Crippen LogP contribution is 2.15. The van der Waals surface area contributed by atoms with E-state index in [0.717, 1.165) is 5.65 Å². The van der Waals surface area contributed by atoms with Gasteiger partial charge in [0.15, 0.2) is 16.1 Å². The molecular weight excluding hydrogens is 348 g/mol. The van der Waals surface area contributed by atoms with Crippen molar-refractivity contribution in [2.75, 3.05) is 0 Å². The van der Waals surface area contributed by atoms with E-state index in [0.29, 0.717) is 16.3 Å². The first kappa shape index (κ1) is 14.5. The van der Waals surface area contributed by atoms with Crippen LogP contribution in [0.5, 0.6) is 0 Å². The summed E-state index contributed by atoms with van der Waals surface area (Å²) < 4.78 is 7.76. The Hall–Kier alpha value is -2.41. The molecule has 0 radical (unpaired) electrons. The predicted octanol–water partition coefficient (Wildman–Crippen LogP) is 2.98. The number of pyridine rings is 1. The van der Waals surface area contributed by atoms with Crippen LogP contribution in [0.15, 0.2) is 51.7 Å². The Labute approximate surface area is 135 Å². The first-order chi connectivity index (χ1) is 10.6. The Bertz CT molecular complexity index is 837. The van der Waals surface area contributed by atoms with E-state index in [1.54, 1.807) is 18.2 Å². The van der Waals surface area contributed by atoms with Gasteiger partial charge in [-0.1, -0.05) is 6.07 Å². The molecule has 0 bridgehead atoms. The number of hydrogen-bond acceptors (Lipinski definition) is 4. The summed E-state index contributed by atoms with van der Waals surface area (Å²) in [5.41, 5.74) is 0.745. The third kappa shape index (κ3) is 3.09. The summed E-state index contributed by atoms with van der Waals surface area (Å²) in [5, 5.41) is 11.0. The predicted molar refractivity (Wildman–Crippen MR) is 85.0 cm³/mol. The molecule has 0 aliphatic rings. The van der Waals surface area contributed by atoms with Crippen molar-refractivity contribution < 1.29 is 9.21 Å². The van der Waals surface area contributed by atoms with Crippen LogP contribution in [0.4, 0.5) is 0 Å². The zero-order chi connectivity index (χ0) is 15.5. The fraction of sp³-hybridized carbons (Fsp3) is 0.133. The Morgan fingerprint density at radius 3 is 3.00 bits per heavy atom. The maximum atomic E-state index is 12.0. The van der Waals surface area contributed by atoms with Gasteiger partial charge in [0.1, 0.15) is 5.76 Å². The molecule has 1 amide bonds. The molecule has 6 nitrogen and oxygen atoms in total. The molecule has 0 aliphatic carbocycles. The van der Waals surface area contributed by atoms with Gasteiger partial charge in [-0.05, 0) is 53.2 Å². The van der Waals surface area contributed by atoms with E-state index in [-0.39, 0.29) is 11.9 Å². The number of nitrogens with zero attached hydrogens (tertiary/aromatic N) is 3. The summed E-state index contributed by atoms with van der Waals surface area (Å²) in [6.45, 7) is 1.86. The highest BCUT2D eigenvalue weighted by molar-refractivity contribution is 9.10. The fourth-order valence-electron chi connectivity index (χ4n) is 2.06. The van der Waals surface area contributed by atoms with Crippen LogP contribution in [0.25, 0.3) is 11.7 Å². The van der Waals surface area contributed by atoms with Crippen molar-refractivity contribution in [3.63, 3.8) is 0 Å². The minimum atomic E-state index is -0.266. The van der Waals surface area contributed by atoms with E-state index in [1.807, 2.05) is 35.7 Å². The lowest BCUT2D eigenvalue weighted by Crippen LogP contribution is -2.26. The van der Waals surface area contributed by atoms with Crippen LogP contribution < -0.4 is 5.32 Å². The maximum Gasteiger partial charge on any atom is 0.244 e. The van der Waals surface area contributed by atoms with Crippen molar-refractivity contribution in [1.29, 1.82) is 0 Å². The van der Waals surface area contributed by atoms with Crippen LogP contribution in [0.2, 0.25) is 0 Å². The van der Waals surface area contributed by atoms with E-state index in [1.165, 1.54) is 6.08 Å². The lowest BCUT2D eigenvalue weighted by Gasteiger charge is -2.10. The minimum Gasteiger partial charge on any atom is -0.450 e. The fourth-order valence-corrected chi connectivity index (χ4v) is 2.38. The van der Waals surface area contributed by atoms with E-state index in [4.69, 9.17) is 4.42 Å². The molecule has 0 aliphatic heterocycles. The van der Waals surface area contributed by atoms with Gasteiger partial charge in [0.25, 0.3) is 0 Å². The van der Waals surface area contributed by atoms with Gasteiger partial charge in [0.2, 0.25) is 5.91 Å². The van der Waals surface area contributed by atoms with Crippen molar-refractivity contribution in [2.45, 2.75) is 13.0 Å². The minimum absolute atomic E-state index is 0.229. The first-order valence-electron chi connectivity index (χ1n) is 6.67. The molecule has 3 aromatic heterocycles. The molecule has 3 aromatic rings. The molecule has 1 N–H and O–H groups in total. The molecule has 112 valence electrons. The molecule has 0 spiro atoms. The standard InChI is InChI=1S/C15H13BrN4O2/c1-10(15-19-18-13-4-2-3-9-20(13)15)17-14(21)8-6-11-5-7-12(16)22-11/h2-10H,1H3,(H,17,21)/t10-/m0/s1. The lowest BCUT2D eigenvalue weighted by molar-refractivity contribution is -0.117. The number of amides is 1. The molecule has 0 unspecified atom stereocenters. The van der Waals surface area contributed by atoms with Crippen LogP contribution in [-0.2, 0) is 4.79 Å². The second kappa shape index (κ2) is 6.15. The van der Waals surface area contributed by atoms with E-state index in [9.17, 15) is 4.79 Å². The Balaban J connectivity index is 1.69. The van der Waals surface area contributed by atoms with Gasteiger partial charge in [-0.3, -0.25) is 9.20 Å². The third-order valence-electron chi connectivity index (χ3n) is 3.08. The third-order valence-corrected chi connectivity index (χ3v) is 3.51. The molecule has 1 atom stereocenters. The van der Waals surface area contributed by atoms with Gasteiger partial charge >= 0.3 is 0 Å². The van der Waals surface area contributed by atoms with E-state index >= 15 is 0 Å². The number of carbonyl (C=O) groups is 1. The number of halogens is 1. The van der Waals surface area contributed by atoms with Crippen LogP contribution in [0.3, 0.4) is 0 Å². The monoisotopic (exact) mass is 360 g/mol. The molecular formula is C15H13BrN4O2. The molecule has 22 heavy (non-hydrogen) atoms. The van der Waals surface area contributed by atoms with Crippen molar-refractivity contribution >= 4 is 33.6 Å². The van der Waals surface area contributed by atoms with Crippen molar-refractivity contribution in [3.05, 3.63) is 58.9 Å². The SMILES string of the molecule is C[C@H](NC(=O)C=Cc1ccc(Br)o1)c1nnc2ccccn12. The summed E-state index contributed by atoms with van der Waals surface area (Å²) in [7, 11) is 0. The number of hydrogen-bond donors (Lipinski definition) is 1. The summed E-state index contributed by atoms with van der Waals surface area (Å²) in [4.78, 5) is 12.0. The van der Waals surface area contributed by atoms with Crippen LogP contribution in [0.1, 0.15) is 24.6 Å². The maximum absolute atomic E-state index is 12.0. The van der Waals surface area contributed by atoms with E-state index in [2.05, 4.69) is 31.4 Å². The highest BCUT2D eigenvalue weighted by atomic mass is 79.9. The molecule has 0 aromatic carbocycles. The molecule has 0 saturated heterocycles. The van der Waals surface area contributed by atoms with Crippen LogP contribution in [-0.4, -0.2) is 20.5 Å². The van der Waals surface area contributed by atoms with Gasteiger partial charge in [0.05, 0.1) is 6.04 Å². The summed E-state index contributed by atoms with van der Waals surface area (Å²) in [5.74, 6) is 1.05. The first-order valence-corrected chi connectivity index (χ1v) is 7.46. The van der Waals surface area contributed by atoms with Gasteiger partial charge in [0, 0.05) is 12.3 Å². The topological polar surface area (TPSA) is 72.4 Å². The van der Waals surface area contributed by atoms with E-state index < -0.39 is 0 Å². The zero-order valence-electron chi connectivity index (χ0n) is 11.7. The average Bonchev–Trinajstić information content (AvgIpc) is 3.11. The van der Waals surface area contributed by atoms with Crippen molar-refractivity contribution in [1.82, 2.24) is 19.9 Å².